The fourth-order valence-electron chi connectivity index (χ4n) is 3.25. The van der Waals surface area contributed by atoms with Crippen LogP contribution in [0.4, 0.5) is 0 Å². The number of nitrogens with zero attached hydrogens (tertiary/aromatic N) is 1. The van der Waals surface area contributed by atoms with E-state index in [-0.39, 0.29) is 0 Å². The zero-order valence-corrected chi connectivity index (χ0v) is 15.6. The molecule has 2 rings (SSSR count). The summed E-state index contributed by atoms with van der Waals surface area (Å²) < 4.78 is 0. The van der Waals surface area contributed by atoms with E-state index in [1.165, 1.54) is 44.3 Å². The van der Waals surface area contributed by atoms with Crippen molar-refractivity contribution in [1.29, 1.82) is 0 Å². The molecule has 0 atom stereocenters. The van der Waals surface area contributed by atoms with Gasteiger partial charge in [0.05, 0.1) is 0 Å². The molecule has 0 N–H and O–H groups in total. The lowest BCUT2D eigenvalue weighted by molar-refractivity contribution is 0.131. The van der Waals surface area contributed by atoms with Gasteiger partial charge in [-0.3, -0.25) is 0 Å². The molecule has 1 aliphatic heterocycles. The van der Waals surface area contributed by atoms with Crippen molar-refractivity contribution in [1.82, 2.24) is 4.90 Å². The monoisotopic (exact) mass is 291 g/mol. The Balaban J connectivity index is 0.000000921. The van der Waals surface area contributed by atoms with Gasteiger partial charge in [-0.2, -0.15) is 0 Å². The first-order valence-corrected chi connectivity index (χ1v) is 8.73. The number of likely N-dealkylation sites (tertiary alicyclic amines) is 1. The van der Waals surface area contributed by atoms with E-state index in [0.29, 0.717) is 5.41 Å². The summed E-state index contributed by atoms with van der Waals surface area (Å²) in [6, 6.07) is 0. The molecule has 1 fully saturated rings. The number of allylic oxidation sites excluding steroid dienone is 5. The van der Waals surface area contributed by atoms with Gasteiger partial charge in [0.1, 0.15) is 0 Å². The normalized spacial score (nSPS) is 21.4. The topological polar surface area (TPSA) is 3.24 Å². The molecule has 0 aromatic rings. The maximum atomic E-state index is 3.84. The standard InChI is InChI=1S/C16H25N.2C2H6/c1-5-13(2)10-15-12-16(11-14(15)3)6-8-17(4)9-7-16;2*1-2/h5,10H,1,6-9,11-12H2,2-4H3;2*1-2H3/b13-10-;;. The highest BCUT2D eigenvalue weighted by atomic mass is 15.1. The number of hydrogen-bond acceptors (Lipinski definition) is 1. The quantitative estimate of drug-likeness (QED) is 0.564. The molecule has 1 heteroatoms. The summed E-state index contributed by atoms with van der Waals surface area (Å²) in [6.45, 7) is 18.8. The second kappa shape index (κ2) is 10.00. The van der Waals surface area contributed by atoms with Crippen molar-refractivity contribution < 1.29 is 0 Å². The molecule has 1 aliphatic carbocycles. The average molecular weight is 292 g/mol. The van der Waals surface area contributed by atoms with Crippen LogP contribution in [0.1, 0.15) is 67.2 Å². The molecule has 0 aromatic carbocycles. The van der Waals surface area contributed by atoms with E-state index in [0.717, 1.165) is 0 Å². The van der Waals surface area contributed by atoms with Crippen LogP contribution in [-0.4, -0.2) is 25.0 Å². The number of rotatable bonds is 2. The number of hydrogen-bond donors (Lipinski definition) is 0. The molecule has 1 heterocycles. The van der Waals surface area contributed by atoms with Crippen molar-refractivity contribution in [3.63, 3.8) is 0 Å². The maximum absolute atomic E-state index is 3.84. The Bertz CT molecular complexity index is 365. The summed E-state index contributed by atoms with van der Waals surface area (Å²) in [6.07, 6.45) is 9.64. The zero-order chi connectivity index (χ0) is 16.5. The lowest BCUT2D eigenvalue weighted by Crippen LogP contribution is -2.36. The number of piperidine rings is 1. The van der Waals surface area contributed by atoms with Crippen molar-refractivity contribution in [3.05, 3.63) is 35.5 Å². The van der Waals surface area contributed by atoms with E-state index in [1.807, 2.05) is 33.8 Å². The molecule has 0 radical (unpaired) electrons. The minimum Gasteiger partial charge on any atom is -0.306 e. The van der Waals surface area contributed by atoms with Crippen LogP contribution in [0.25, 0.3) is 0 Å². The smallest absolute Gasteiger partial charge is 0.00163 e. The lowest BCUT2D eigenvalue weighted by atomic mass is 9.75. The largest absolute Gasteiger partial charge is 0.306 e. The van der Waals surface area contributed by atoms with E-state index in [9.17, 15) is 0 Å². The molecule has 0 aromatic heterocycles. The van der Waals surface area contributed by atoms with Crippen molar-refractivity contribution in [2.45, 2.75) is 67.2 Å². The molecule has 0 unspecified atom stereocenters. The van der Waals surface area contributed by atoms with E-state index in [2.05, 4.69) is 38.5 Å². The van der Waals surface area contributed by atoms with E-state index in [1.54, 1.807) is 11.1 Å². The second-order valence-electron chi connectivity index (χ2n) is 6.05. The van der Waals surface area contributed by atoms with Gasteiger partial charge < -0.3 is 4.90 Å². The molecule has 122 valence electrons. The van der Waals surface area contributed by atoms with Crippen LogP contribution >= 0.6 is 0 Å². The highest BCUT2D eigenvalue weighted by Crippen LogP contribution is 2.49. The van der Waals surface area contributed by atoms with E-state index >= 15 is 0 Å². The first-order chi connectivity index (χ1) is 10.0. The van der Waals surface area contributed by atoms with Crippen LogP contribution in [-0.2, 0) is 0 Å². The SMILES string of the molecule is C=C/C(C)=C\C1=C(C)CC2(CCN(C)CC2)C1.CC.CC. The summed E-state index contributed by atoms with van der Waals surface area (Å²) in [5.74, 6) is 0. The molecule has 1 nitrogen and oxygen atoms in total. The summed E-state index contributed by atoms with van der Waals surface area (Å²) in [7, 11) is 2.24. The van der Waals surface area contributed by atoms with Crippen LogP contribution in [0, 0.1) is 5.41 Å². The molecule has 2 aliphatic rings. The minimum absolute atomic E-state index is 0.587. The molecule has 0 bridgehead atoms. The lowest BCUT2D eigenvalue weighted by Gasteiger charge is -2.38. The third-order valence-corrected chi connectivity index (χ3v) is 4.53. The van der Waals surface area contributed by atoms with Gasteiger partial charge in [-0.25, -0.2) is 0 Å². The van der Waals surface area contributed by atoms with Crippen molar-refractivity contribution in [3.8, 4) is 0 Å². The molecule has 1 saturated heterocycles. The molecular formula is C20H37N. The predicted octanol–water partition coefficient (Wildman–Crippen LogP) is 5.99. The Kier molecular flexibility index (Phi) is 9.61. The minimum atomic E-state index is 0.587. The highest BCUT2D eigenvalue weighted by molar-refractivity contribution is 5.36. The summed E-state index contributed by atoms with van der Waals surface area (Å²) >= 11 is 0. The van der Waals surface area contributed by atoms with Crippen LogP contribution in [0.2, 0.25) is 0 Å². The third kappa shape index (κ3) is 5.82. The highest BCUT2D eigenvalue weighted by Gasteiger charge is 2.38. The summed E-state index contributed by atoms with van der Waals surface area (Å²) in [5, 5.41) is 0. The van der Waals surface area contributed by atoms with Crippen LogP contribution in [0.15, 0.2) is 35.5 Å². The Hall–Kier alpha value is -0.820. The fourth-order valence-corrected chi connectivity index (χ4v) is 3.25. The van der Waals surface area contributed by atoms with Gasteiger partial charge in [0.15, 0.2) is 0 Å². The fraction of sp³-hybridized carbons (Fsp3) is 0.700. The van der Waals surface area contributed by atoms with Gasteiger partial charge >= 0.3 is 0 Å². The maximum Gasteiger partial charge on any atom is -0.00163 e. The van der Waals surface area contributed by atoms with Crippen molar-refractivity contribution in [2.75, 3.05) is 20.1 Å². The third-order valence-electron chi connectivity index (χ3n) is 4.53. The van der Waals surface area contributed by atoms with Crippen molar-refractivity contribution >= 4 is 0 Å². The molecule has 21 heavy (non-hydrogen) atoms. The Morgan fingerprint density at radius 3 is 2.10 bits per heavy atom. The Morgan fingerprint density at radius 2 is 1.62 bits per heavy atom. The van der Waals surface area contributed by atoms with E-state index in [4.69, 9.17) is 0 Å². The first kappa shape index (κ1) is 20.2. The molecule has 1 spiro atoms. The van der Waals surface area contributed by atoms with Gasteiger partial charge in [0.25, 0.3) is 0 Å². The van der Waals surface area contributed by atoms with Crippen LogP contribution in [0.3, 0.4) is 0 Å². The van der Waals surface area contributed by atoms with Gasteiger partial charge in [0.2, 0.25) is 0 Å². The Labute approximate surface area is 133 Å². The van der Waals surface area contributed by atoms with Gasteiger partial charge in [-0.15, -0.1) is 0 Å². The second-order valence-corrected chi connectivity index (χ2v) is 6.05. The summed E-state index contributed by atoms with van der Waals surface area (Å²) in [5.41, 5.74) is 5.07. The van der Waals surface area contributed by atoms with Gasteiger partial charge in [-0.1, -0.05) is 57.6 Å². The predicted molar refractivity (Wildman–Crippen MR) is 97.7 cm³/mol. The molecule has 0 saturated carbocycles. The average Bonchev–Trinajstić information content (AvgIpc) is 2.82. The van der Waals surface area contributed by atoms with Crippen LogP contribution in [0.5, 0.6) is 0 Å². The van der Waals surface area contributed by atoms with Gasteiger partial charge in [0, 0.05) is 0 Å². The van der Waals surface area contributed by atoms with Gasteiger partial charge in [-0.05, 0) is 70.7 Å². The Morgan fingerprint density at radius 1 is 1.10 bits per heavy atom. The zero-order valence-electron chi connectivity index (χ0n) is 15.6. The molecule has 0 amide bonds. The van der Waals surface area contributed by atoms with Crippen molar-refractivity contribution in [2.24, 2.45) is 5.41 Å². The first-order valence-electron chi connectivity index (χ1n) is 8.73. The molecular weight excluding hydrogens is 254 g/mol. The van der Waals surface area contributed by atoms with Crippen LogP contribution < -0.4 is 0 Å². The van der Waals surface area contributed by atoms with E-state index < -0.39 is 0 Å². The summed E-state index contributed by atoms with van der Waals surface area (Å²) in [4.78, 5) is 2.46.